The molecule has 2 heterocycles. The predicted molar refractivity (Wildman–Crippen MR) is 77.2 cm³/mol. The third-order valence-electron chi connectivity index (χ3n) is 4.02. The predicted octanol–water partition coefficient (Wildman–Crippen LogP) is 3.21. The van der Waals surface area contributed by atoms with Crippen molar-refractivity contribution in [3.63, 3.8) is 0 Å². The van der Waals surface area contributed by atoms with Crippen molar-refractivity contribution in [2.45, 2.75) is 19.0 Å². The molecule has 1 saturated heterocycles. The molecule has 0 N–H and O–H groups in total. The smallest absolute Gasteiger partial charge is 0.393 e. The summed E-state index contributed by atoms with van der Waals surface area (Å²) in [6, 6.07) is 7.47. The maximum Gasteiger partial charge on any atom is 0.393 e. The van der Waals surface area contributed by atoms with Crippen LogP contribution >= 0.6 is 0 Å². The van der Waals surface area contributed by atoms with Crippen LogP contribution < -0.4 is 5.43 Å². The van der Waals surface area contributed by atoms with Gasteiger partial charge in [0, 0.05) is 19.2 Å². The lowest BCUT2D eigenvalue weighted by atomic mass is 9.97. The van der Waals surface area contributed by atoms with Gasteiger partial charge in [-0.25, -0.2) is 0 Å². The number of halogens is 3. The summed E-state index contributed by atoms with van der Waals surface area (Å²) < 4.78 is 43.9. The van der Waals surface area contributed by atoms with Crippen molar-refractivity contribution >= 4 is 16.9 Å². The molecule has 0 saturated carbocycles. The summed E-state index contributed by atoms with van der Waals surface area (Å²) in [7, 11) is 0. The highest BCUT2D eigenvalue weighted by molar-refractivity contribution is 5.93. The first kappa shape index (κ1) is 15.6. The fourth-order valence-corrected chi connectivity index (χ4v) is 2.79. The Morgan fingerprint density at radius 1 is 1.26 bits per heavy atom. The Kier molecular flexibility index (Phi) is 3.87. The van der Waals surface area contributed by atoms with E-state index in [1.165, 1.54) is 0 Å². The van der Waals surface area contributed by atoms with E-state index in [4.69, 9.17) is 4.42 Å². The van der Waals surface area contributed by atoms with Crippen LogP contribution in [0.2, 0.25) is 0 Å². The summed E-state index contributed by atoms with van der Waals surface area (Å²) in [6.45, 7) is -0.180. The molecule has 1 atom stereocenters. The molecule has 1 aliphatic rings. The quantitative estimate of drug-likeness (QED) is 0.809. The zero-order chi connectivity index (χ0) is 16.6. The standard InChI is InChI=1S/C16H14F3NO3/c17-16(18,19)10-4-3-7-20(9-10)15(22)14-8-12(21)11-5-1-2-6-13(11)23-14/h1-2,5-6,8,10H,3-4,7,9H2. The first-order chi connectivity index (χ1) is 10.9. The minimum Gasteiger partial charge on any atom is -0.451 e. The topological polar surface area (TPSA) is 50.5 Å². The number of carbonyl (C=O) groups is 1. The molecular weight excluding hydrogens is 311 g/mol. The molecule has 0 spiro atoms. The number of benzene rings is 1. The van der Waals surface area contributed by atoms with E-state index in [1.54, 1.807) is 24.3 Å². The Hall–Kier alpha value is -2.31. The van der Waals surface area contributed by atoms with Crippen LogP contribution in [0.3, 0.4) is 0 Å². The molecule has 1 amide bonds. The largest absolute Gasteiger partial charge is 0.451 e. The fraction of sp³-hybridized carbons (Fsp3) is 0.375. The van der Waals surface area contributed by atoms with Gasteiger partial charge < -0.3 is 9.32 Å². The minimum absolute atomic E-state index is 0.00888. The van der Waals surface area contributed by atoms with Crippen molar-refractivity contribution in [2.24, 2.45) is 5.92 Å². The Balaban J connectivity index is 1.90. The Morgan fingerprint density at radius 2 is 2.00 bits per heavy atom. The van der Waals surface area contributed by atoms with Gasteiger partial charge in [-0.15, -0.1) is 0 Å². The number of rotatable bonds is 1. The third kappa shape index (κ3) is 3.09. The van der Waals surface area contributed by atoms with Gasteiger partial charge in [-0.2, -0.15) is 13.2 Å². The molecule has 1 aromatic heterocycles. The van der Waals surface area contributed by atoms with Gasteiger partial charge in [-0.1, -0.05) is 12.1 Å². The Morgan fingerprint density at radius 3 is 2.74 bits per heavy atom. The fourth-order valence-electron chi connectivity index (χ4n) is 2.79. The number of fused-ring (bicyclic) bond motifs is 1. The summed E-state index contributed by atoms with van der Waals surface area (Å²) in [5.74, 6) is -2.44. The van der Waals surface area contributed by atoms with E-state index >= 15 is 0 Å². The number of amides is 1. The van der Waals surface area contributed by atoms with E-state index in [2.05, 4.69) is 0 Å². The molecule has 3 rings (SSSR count). The van der Waals surface area contributed by atoms with Crippen molar-refractivity contribution in [2.75, 3.05) is 13.1 Å². The van der Waals surface area contributed by atoms with Crippen LogP contribution in [0.5, 0.6) is 0 Å². The van der Waals surface area contributed by atoms with Gasteiger partial charge in [0.25, 0.3) is 5.91 Å². The molecule has 1 unspecified atom stereocenters. The third-order valence-corrected chi connectivity index (χ3v) is 4.02. The van der Waals surface area contributed by atoms with Crippen molar-refractivity contribution < 1.29 is 22.4 Å². The molecule has 1 fully saturated rings. The molecule has 23 heavy (non-hydrogen) atoms. The molecule has 2 aromatic rings. The van der Waals surface area contributed by atoms with Gasteiger partial charge in [-0.05, 0) is 25.0 Å². The summed E-state index contributed by atoms with van der Waals surface area (Å²) in [5.41, 5.74) is -0.146. The van der Waals surface area contributed by atoms with Crippen LogP contribution in [-0.4, -0.2) is 30.1 Å². The molecule has 0 bridgehead atoms. The van der Waals surface area contributed by atoms with E-state index in [0.717, 1.165) is 11.0 Å². The lowest BCUT2D eigenvalue weighted by Crippen LogP contribution is -2.44. The van der Waals surface area contributed by atoms with Crippen LogP contribution in [0.25, 0.3) is 11.0 Å². The molecule has 0 radical (unpaired) electrons. The summed E-state index contributed by atoms with van der Waals surface area (Å²) in [4.78, 5) is 25.5. The van der Waals surface area contributed by atoms with E-state index in [-0.39, 0.29) is 36.2 Å². The molecule has 0 aliphatic carbocycles. The van der Waals surface area contributed by atoms with Gasteiger partial charge in [0.15, 0.2) is 11.2 Å². The maximum atomic E-state index is 12.8. The van der Waals surface area contributed by atoms with E-state index < -0.39 is 24.5 Å². The van der Waals surface area contributed by atoms with Crippen LogP contribution in [-0.2, 0) is 0 Å². The van der Waals surface area contributed by atoms with Crippen molar-refractivity contribution in [3.8, 4) is 0 Å². The second-order valence-corrected chi connectivity index (χ2v) is 5.60. The highest BCUT2D eigenvalue weighted by Gasteiger charge is 2.43. The second-order valence-electron chi connectivity index (χ2n) is 5.60. The molecule has 1 aliphatic heterocycles. The van der Waals surface area contributed by atoms with Crippen LogP contribution in [0.4, 0.5) is 13.2 Å². The first-order valence-corrected chi connectivity index (χ1v) is 7.25. The number of piperidine rings is 1. The van der Waals surface area contributed by atoms with Crippen LogP contribution in [0.1, 0.15) is 23.4 Å². The summed E-state index contributed by atoms with van der Waals surface area (Å²) >= 11 is 0. The highest BCUT2D eigenvalue weighted by atomic mass is 19.4. The zero-order valence-electron chi connectivity index (χ0n) is 12.1. The molecule has 122 valence electrons. The van der Waals surface area contributed by atoms with Gasteiger partial charge in [0.2, 0.25) is 0 Å². The lowest BCUT2D eigenvalue weighted by molar-refractivity contribution is -0.184. The van der Waals surface area contributed by atoms with Gasteiger partial charge >= 0.3 is 6.18 Å². The first-order valence-electron chi connectivity index (χ1n) is 7.25. The number of nitrogens with zero attached hydrogens (tertiary/aromatic N) is 1. The number of hydrogen-bond donors (Lipinski definition) is 0. The van der Waals surface area contributed by atoms with E-state index in [9.17, 15) is 22.8 Å². The number of hydrogen-bond acceptors (Lipinski definition) is 3. The Bertz CT molecular complexity index is 797. The Labute approximate surface area is 129 Å². The number of carbonyl (C=O) groups excluding carboxylic acids is 1. The average Bonchev–Trinajstić information content (AvgIpc) is 2.53. The number of para-hydroxylation sites is 1. The number of alkyl halides is 3. The van der Waals surface area contributed by atoms with Gasteiger partial charge in [-0.3, -0.25) is 9.59 Å². The van der Waals surface area contributed by atoms with Crippen molar-refractivity contribution in [1.29, 1.82) is 0 Å². The SMILES string of the molecule is O=C(c1cc(=O)c2ccccc2o1)N1CCCC(C(F)(F)F)C1. The molecule has 1 aromatic carbocycles. The van der Waals surface area contributed by atoms with Crippen molar-refractivity contribution in [1.82, 2.24) is 4.90 Å². The van der Waals surface area contributed by atoms with Gasteiger partial charge in [0.1, 0.15) is 5.58 Å². The second kappa shape index (κ2) is 5.72. The average molecular weight is 325 g/mol. The normalized spacial score (nSPS) is 19.1. The minimum atomic E-state index is -4.33. The summed E-state index contributed by atoms with van der Waals surface area (Å²) in [5, 5.41) is 0.330. The van der Waals surface area contributed by atoms with Crippen LogP contribution in [0.15, 0.2) is 39.5 Å². The zero-order valence-corrected chi connectivity index (χ0v) is 12.1. The van der Waals surface area contributed by atoms with Gasteiger partial charge in [0.05, 0.1) is 11.3 Å². The summed E-state index contributed by atoms with van der Waals surface area (Å²) in [6.07, 6.45) is -4.05. The molecule has 7 heteroatoms. The lowest BCUT2D eigenvalue weighted by Gasteiger charge is -2.33. The molecular formula is C16H14F3NO3. The van der Waals surface area contributed by atoms with E-state index in [1.807, 2.05) is 0 Å². The molecule has 4 nitrogen and oxygen atoms in total. The maximum absolute atomic E-state index is 12.8. The van der Waals surface area contributed by atoms with Crippen molar-refractivity contribution in [3.05, 3.63) is 46.3 Å². The monoisotopic (exact) mass is 325 g/mol. The highest BCUT2D eigenvalue weighted by Crippen LogP contribution is 2.33. The van der Waals surface area contributed by atoms with Crippen LogP contribution in [0, 0.1) is 5.92 Å². The van der Waals surface area contributed by atoms with E-state index in [0.29, 0.717) is 5.39 Å². The number of likely N-dealkylation sites (tertiary alicyclic amines) is 1.